The fraction of sp³-hybridized carbons (Fsp3) is 0.600. The number of benzene rings is 1. The van der Waals surface area contributed by atoms with Crippen molar-refractivity contribution < 1.29 is 10.2 Å². The lowest BCUT2D eigenvalue weighted by Crippen LogP contribution is -2.34. The van der Waals surface area contributed by atoms with Gasteiger partial charge in [0, 0.05) is 10.6 Å². The van der Waals surface area contributed by atoms with Crippen molar-refractivity contribution in [1.29, 1.82) is 0 Å². The standard InChI is InChI=1S/C15H22ClNO2/c1-9-7-11(16)8-12(14(9)18)13(17)15(19)10-5-3-2-4-6-10/h7-8,10,13,15,18-19H,2-6,17H2,1H3/t13-,15+/m0/s1. The summed E-state index contributed by atoms with van der Waals surface area (Å²) in [5.74, 6) is 0.370. The lowest BCUT2D eigenvalue weighted by molar-refractivity contribution is 0.0611. The molecule has 0 heterocycles. The highest BCUT2D eigenvalue weighted by molar-refractivity contribution is 6.30. The van der Waals surface area contributed by atoms with Crippen LogP contribution in [0, 0.1) is 12.8 Å². The predicted molar refractivity (Wildman–Crippen MR) is 77.4 cm³/mol. The second kappa shape index (κ2) is 6.12. The van der Waals surface area contributed by atoms with Gasteiger partial charge in [-0.3, -0.25) is 0 Å². The van der Waals surface area contributed by atoms with Gasteiger partial charge in [-0.1, -0.05) is 30.9 Å². The van der Waals surface area contributed by atoms with Crippen LogP contribution < -0.4 is 5.73 Å². The maximum absolute atomic E-state index is 10.4. The van der Waals surface area contributed by atoms with Crippen molar-refractivity contribution in [3.05, 3.63) is 28.3 Å². The van der Waals surface area contributed by atoms with Crippen molar-refractivity contribution in [2.75, 3.05) is 0 Å². The van der Waals surface area contributed by atoms with Crippen LogP contribution in [0.5, 0.6) is 5.75 Å². The molecule has 0 saturated heterocycles. The lowest BCUT2D eigenvalue weighted by atomic mass is 9.81. The van der Waals surface area contributed by atoms with E-state index in [1.165, 1.54) is 6.42 Å². The number of halogens is 1. The average molecular weight is 284 g/mol. The maximum Gasteiger partial charge on any atom is 0.123 e. The highest BCUT2D eigenvalue weighted by Crippen LogP contribution is 2.36. The second-order valence-corrected chi connectivity index (χ2v) is 6.01. The van der Waals surface area contributed by atoms with Crippen LogP contribution in [0.25, 0.3) is 0 Å². The number of nitrogens with two attached hydrogens (primary N) is 1. The SMILES string of the molecule is Cc1cc(Cl)cc([C@H](N)[C@H](O)C2CCCCC2)c1O. The molecule has 4 heteroatoms. The second-order valence-electron chi connectivity index (χ2n) is 5.57. The number of phenolic OH excluding ortho intramolecular Hbond substituents is 1. The molecular formula is C15H22ClNO2. The minimum absolute atomic E-state index is 0.145. The Kier molecular flexibility index (Phi) is 4.71. The highest BCUT2D eigenvalue weighted by Gasteiger charge is 2.29. The summed E-state index contributed by atoms with van der Waals surface area (Å²) in [5, 5.41) is 21.1. The first-order chi connectivity index (χ1) is 9.00. The van der Waals surface area contributed by atoms with Gasteiger partial charge in [-0.15, -0.1) is 0 Å². The molecule has 1 fully saturated rings. The summed E-state index contributed by atoms with van der Waals surface area (Å²) in [7, 11) is 0. The third-order valence-corrected chi connectivity index (χ3v) is 4.37. The Morgan fingerprint density at radius 2 is 1.89 bits per heavy atom. The van der Waals surface area contributed by atoms with Crippen molar-refractivity contribution in [1.82, 2.24) is 0 Å². The molecule has 2 atom stereocenters. The summed E-state index contributed by atoms with van der Waals surface area (Å²) >= 11 is 6.01. The fourth-order valence-electron chi connectivity index (χ4n) is 2.97. The largest absolute Gasteiger partial charge is 0.507 e. The van der Waals surface area contributed by atoms with Crippen molar-refractivity contribution in [2.45, 2.75) is 51.2 Å². The van der Waals surface area contributed by atoms with Crippen LogP contribution >= 0.6 is 11.6 Å². The molecule has 3 nitrogen and oxygen atoms in total. The van der Waals surface area contributed by atoms with Crippen molar-refractivity contribution in [3.63, 3.8) is 0 Å². The molecule has 0 aliphatic heterocycles. The van der Waals surface area contributed by atoms with E-state index in [2.05, 4.69) is 0 Å². The first-order valence-corrected chi connectivity index (χ1v) is 7.31. The molecule has 1 aromatic rings. The Balaban J connectivity index is 2.20. The number of hydrogen-bond donors (Lipinski definition) is 3. The zero-order chi connectivity index (χ0) is 14.0. The molecule has 0 bridgehead atoms. The minimum atomic E-state index is -0.621. The molecule has 1 aliphatic carbocycles. The molecule has 0 unspecified atom stereocenters. The first kappa shape index (κ1) is 14.6. The summed E-state index contributed by atoms with van der Waals surface area (Å²) < 4.78 is 0. The van der Waals surface area contributed by atoms with Crippen molar-refractivity contribution in [2.24, 2.45) is 11.7 Å². The van der Waals surface area contributed by atoms with Crippen LogP contribution in [0.1, 0.15) is 49.3 Å². The van der Waals surface area contributed by atoms with Crippen LogP contribution in [0.4, 0.5) is 0 Å². The van der Waals surface area contributed by atoms with E-state index in [4.69, 9.17) is 17.3 Å². The van der Waals surface area contributed by atoms with E-state index in [0.717, 1.165) is 25.7 Å². The Bertz CT molecular complexity index is 444. The summed E-state index contributed by atoms with van der Waals surface area (Å²) in [4.78, 5) is 0. The van der Waals surface area contributed by atoms with Crippen LogP contribution in [0.3, 0.4) is 0 Å². The topological polar surface area (TPSA) is 66.5 Å². The normalized spacial score (nSPS) is 20.2. The number of phenols is 1. The van der Waals surface area contributed by atoms with Crippen molar-refractivity contribution in [3.8, 4) is 5.75 Å². The Hall–Kier alpha value is -0.770. The maximum atomic E-state index is 10.4. The average Bonchev–Trinajstić information content (AvgIpc) is 2.42. The Morgan fingerprint density at radius 3 is 2.53 bits per heavy atom. The summed E-state index contributed by atoms with van der Waals surface area (Å²) in [5.41, 5.74) is 7.37. The summed E-state index contributed by atoms with van der Waals surface area (Å²) in [6.45, 7) is 1.78. The van der Waals surface area contributed by atoms with Crippen LogP contribution in [-0.2, 0) is 0 Å². The van der Waals surface area contributed by atoms with Gasteiger partial charge in [0.15, 0.2) is 0 Å². The van der Waals surface area contributed by atoms with Gasteiger partial charge < -0.3 is 15.9 Å². The monoisotopic (exact) mass is 283 g/mol. The molecule has 1 aliphatic rings. The van der Waals surface area contributed by atoms with E-state index in [1.807, 2.05) is 0 Å². The number of rotatable bonds is 3. The zero-order valence-electron chi connectivity index (χ0n) is 11.3. The van der Waals surface area contributed by atoms with E-state index in [-0.39, 0.29) is 11.7 Å². The van der Waals surface area contributed by atoms with E-state index in [0.29, 0.717) is 16.1 Å². The molecule has 0 amide bonds. The molecule has 1 saturated carbocycles. The summed E-state index contributed by atoms with van der Waals surface area (Å²) in [6.07, 6.45) is 4.93. The van der Waals surface area contributed by atoms with E-state index >= 15 is 0 Å². The third-order valence-electron chi connectivity index (χ3n) is 4.15. The van der Waals surface area contributed by atoms with E-state index in [1.54, 1.807) is 19.1 Å². The van der Waals surface area contributed by atoms with Gasteiger partial charge in [-0.25, -0.2) is 0 Å². The number of aliphatic hydroxyl groups is 1. The molecule has 1 aromatic carbocycles. The fourth-order valence-corrected chi connectivity index (χ4v) is 3.25. The molecule has 0 spiro atoms. The minimum Gasteiger partial charge on any atom is -0.507 e. The van der Waals surface area contributed by atoms with Crippen molar-refractivity contribution >= 4 is 11.6 Å². The molecule has 0 radical (unpaired) electrons. The highest BCUT2D eigenvalue weighted by atomic mass is 35.5. The molecule has 4 N–H and O–H groups in total. The van der Waals surface area contributed by atoms with Gasteiger partial charge in [-0.05, 0) is 43.4 Å². The van der Waals surface area contributed by atoms with Crippen LogP contribution in [-0.4, -0.2) is 16.3 Å². The van der Waals surface area contributed by atoms with E-state index < -0.39 is 12.1 Å². The molecule has 0 aromatic heterocycles. The zero-order valence-corrected chi connectivity index (χ0v) is 12.0. The van der Waals surface area contributed by atoms with Crippen LogP contribution in [0.2, 0.25) is 5.02 Å². The third kappa shape index (κ3) is 3.22. The number of aryl methyl sites for hydroxylation is 1. The van der Waals surface area contributed by atoms with E-state index in [9.17, 15) is 10.2 Å². The van der Waals surface area contributed by atoms with Gasteiger partial charge in [0.25, 0.3) is 0 Å². The quantitative estimate of drug-likeness (QED) is 0.797. The number of aromatic hydroxyl groups is 1. The van der Waals surface area contributed by atoms with Crippen LogP contribution in [0.15, 0.2) is 12.1 Å². The Labute approximate surface area is 119 Å². The van der Waals surface area contributed by atoms with Gasteiger partial charge in [0.2, 0.25) is 0 Å². The Morgan fingerprint density at radius 1 is 1.26 bits per heavy atom. The number of hydrogen-bond acceptors (Lipinski definition) is 3. The lowest BCUT2D eigenvalue weighted by Gasteiger charge is -2.31. The van der Waals surface area contributed by atoms with Gasteiger partial charge in [0.1, 0.15) is 5.75 Å². The van der Waals surface area contributed by atoms with Gasteiger partial charge >= 0.3 is 0 Å². The molecule has 2 rings (SSSR count). The first-order valence-electron chi connectivity index (χ1n) is 6.93. The molecule has 106 valence electrons. The predicted octanol–water partition coefficient (Wildman–Crippen LogP) is 3.30. The molecule has 19 heavy (non-hydrogen) atoms. The summed E-state index contributed by atoms with van der Waals surface area (Å²) in [6, 6.07) is 2.77. The number of aliphatic hydroxyl groups excluding tert-OH is 1. The van der Waals surface area contributed by atoms with Gasteiger partial charge in [-0.2, -0.15) is 0 Å². The van der Waals surface area contributed by atoms with Gasteiger partial charge in [0.05, 0.1) is 12.1 Å². The molecular weight excluding hydrogens is 262 g/mol. The smallest absolute Gasteiger partial charge is 0.123 e.